The van der Waals surface area contributed by atoms with Gasteiger partial charge in [0.1, 0.15) is 0 Å². The van der Waals surface area contributed by atoms with E-state index in [1.54, 1.807) is 53.6 Å². The molecule has 1 saturated carbocycles. The number of hydrogen-bond acceptors (Lipinski definition) is 4. The SMILES string of the molecule is O=C(Nc1cccc(C(=O)Nc2ccn(Cc3ccncc3)n2)c1)NC1CC1. The number of carbonyl (C=O) groups excluding carboxylic acids is 2. The number of hydrogen-bond donors (Lipinski definition) is 3. The van der Waals surface area contributed by atoms with Crippen molar-refractivity contribution in [1.82, 2.24) is 20.1 Å². The monoisotopic (exact) mass is 376 g/mol. The van der Waals surface area contributed by atoms with Gasteiger partial charge in [0.15, 0.2) is 5.82 Å². The van der Waals surface area contributed by atoms with Gasteiger partial charge >= 0.3 is 6.03 Å². The van der Waals surface area contributed by atoms with E-state index in [4.69, 9.17) is 0 Å². The summed E-state index contributed by atoms with van der Waals surface area (Å²) in [5.41, 5.74) is 2.07. The molecule has 142 valence electrons. The number of aromatic nitrogens is 3. The molecule has 1 aromatic carbocycles. The summed E-state index contributed by atoms with van der Waals surface area (Å²) in [6.07, 6.45) is 7.30. The summed E-state index contributed by atoms with van der Waals surface area (Å²) in [6, 6.07) is 12.4. The van der Waals surface area contributed by atoms with Crippen molar-refractivity contribution in [2.24, 2.45) is 0 Å². The third-order valence-corrected chi connectivity index (χ3v) is 4.27. The van der Waals surface area contributed by atoms with Gasteiger partial charge in [0.25, 0.3) is 5.91 Å². The molecule has 4 rings (SSSR count). The molecule has 0 saturated heterocycles. The maximum atomic E-state index is 12.5. The van der Waals surface area contributed by atoms with Crippen LogP contribution >= 0.6 is 0 Å². The van der Waals surface area contributed by atoms with E-state index in [1.807, 2.05) is 12.1 Å². The molecule has 2 aromatic heterocycles. The molecule has 1 aliphatic rings. The van der Waals surface area contributed by atoms with Crippen molar-refractivity contribution in [3.8, 4) is 0 Å². The van der Waals surface area contributed by atoms with E-state index >= 15 is 0 Å². The normalized spacial score (nSPS) is 13.0. The number of urea groups is 1. The zero-order valence-corrected chi connectivity index (χ0v) is 15.1. The van der Waals surface area contributed by atoms with E-state index in [-0.39, 0.29) is 18.0 Å². The summed E-state index contributed by atoms with van der Waals surface area (Å²) in [6.45, 7) is 0.591. The van der Waals surface area contributed by atoms with Gasteiger partial charge in [0.05, 0.1) is 6.54 Å². The van der Waals surface area contributed by atoms with Gasteiger partial charge in [-0.05, 0) is 48.7 Å². The summed E-state index contributed by atoms with van der Waals surface area (Å²) in [5.74, 6) is 0.171. The Morgan fingerprint density at radius 2 is 1.89 bits per heavy atom. The summed E-state index contributed by atoms with van der Waals surface area (Å²) in [4.78, 5) is 28.3. The fraction of sp³-hybridized carbons (Fsp3) is 0.200. The van der Waals surface area contributed by atoms with E-state index in [1.165, 1.54) is 0 Å². The first-order valence-electron chi connectivity index (χ1n) is 9.07. The lowest BCUT2D eigenvalue weighted by atomic mass is 10.2. The van der Waals surface area contributed by atoms with Crippen LogP contribution in [0, 0.1) is 0 Å². The van der Waals surface area contributed by atoms with Crippen molar-refractivity contribution >= 4 is 23.4 Å². The minimum Gasteiger partial charge on any atom is -0.335 e. The molecule has 3 aromatic rings. The molecule has 0 atom stereocenters. The highest BCUT2D eigenvalue weighted by Gasteiger charge is 2.23. The van der Waals surface area contributed by atoms with Crippen LogP contribution in [0.15, 0.2) is 61.1 Å². The average molecular weight is 376 g/mol. The molecular weight excluding hydrogens is 356 g/mol. The van der Waals surface area contributed by atoms with E-state index in [2.05, 4.69) is 26.0 Å². The van der Waals surface area contributed by atoms with Crippen LogP contribution < -0.4 is 16.0 Å². The molecule has 1 fully saturated rings. The van der Waals surface area contributed by atoms with Crippen molar-refractivity contribution in [3.63, 3.8) is 0 Å². The molecule has 8 heteroatoms. The zero-order chi connectivity index (χ0) is 19.3. The van der Waals surface area contributed by atoms with Crippen molar-refractivity contribution in [3.05, 3.63) is 72.2 Å². The number of amides is 3. The second kappa shape index (κ2) is 7.91. The summed E-state index contributed by atoms with van der Waals surface area (Å²) in [5, 5.41) is 12.7. The van der Waals surface area contributed by atoms with Crippen LogP contribution in [0.2, 0.25) is 0 Å². The van der Waals surface area contributed by atoms with E-state index in [9.17, 15) is 9.59 Å². The van der Waals surface area contributed by atoms with Crippen molar-refractivity contribution in [1.29, 1.82) is 0 Å². The maximum Gasteiger partial charge on any atom is 0.319 e. The fourth-order valence-electron chi connectivity index (χ4n) is 2.70. The summed E-state index contributed by atoms with van der Waals surface area (Å²) < 4.78 is 1.74. The molecule has 3 amide bonds. The number of rotatable bonds is 6. The molecule has 2 heterocycles. The Balaban J connectivity index is 1.37. The highest BCUT2D eigenvalue weighted by Crippen LogP contribution is 2.19. The van der Waals surface area contributed by atoms with E-state index < -0.39 is 0 Å². The van der Waals surface area contributed by atoms with Crippen LogP contribution in [0.4, 0.5) is 16.3 Å². The second-order valence-electron chi connectivity index (χ2n) is 6.66. The standard InChI is InChI=1S/C20H20N6O2/c27-19(15-2-1-3-17(12-15)23-20(28)22-16-4-5-16)24-18-8-11-26(25-18)13-14-6-9-21-10-7-14/h1-3,6-12,16H,4-5,13H2,(H2,22,23,28)(H,24,25,27). The van der Waals surface area contributed by atoms with Crippen LogP contribution in [0.5, 0.6) is 0 Å². The molecule has 0 bridgehead atoms. The highest BCUT2D eigenvalue weighted by molar-refractivity contribution is 6.04. The molecule has 8 nitrogen and oxygen atoms in total. The van der Waals surface area contributed by atoms with Crippen LogP contribution in [0.1, 0.15) is 28.8 Å². The Hall–Kier alpha value is -3.68. The first kappa shape index (κ1) is 17.7. The molecule has 0 radical (unpaired) electrons. The quantitative estimate of drug-likeness (QED) is 0.616. The highest BCUT2D eigenvalue weighted by atomic mass is 16.2. The summed E-state index contributed by atoms with van der Waals surface area (Å²) >= 11 is 0. The second-order valence-corrected chi connectivity index (χ2v) is 6.66. The molecule has 28 heavy (non-hydrogen) atoms. The lowest BCUT2D eigenvalue weighted by Gasteiger charge is -2.08. The van der Waals surface area contributed by atoms with E-state index in [0.29, 0.717) is 23.6 Å². The van der Waals surface area contributed by atoms with Crippen LogP contribution in [-0.4, -0.2) is 32.7 Å². The van der Waals surface area contributed by atoms with Crippen molar-refractivity contribution in [2.75, 3.05) is 10.6 Å². The smallest absolute Gasteiger partial charge is 0.319 e. The number of nitrogens with one attached hydrogen (secondary N) is 3. The first-order valence-corrected chi connectivity index (χ1v) is 9.07. The molecule has 0 unspecified atom stereocenters. The minimum absolute atomic E-state index is 0.255. The zero-order valence-electron chi connectivity index (χ0n) is 15.1. The summed E-state index contributed by atoms with van der Waals surface area (Å²) in [7, 11) is 0. The molecule has 0 aliphatic heterocycles. The number of benzene rings is 1. The predicted molar refractivity (Wildman–Crippen MR) is 105 cm³/mol. The lowest BCUT2D eigenvalue weighted by Crippen LogP contribution is -2.30. The van der Waals surface area contributed by atoms with Gasteiger partial charge in [-0.25, -0.2) is 4.79 Å². The van der Waals surface area contributed by atoms with Crippen molar-refractivity contribution < 1.29 is 9.59 Å². The molecular formula is C20H20N6O2. The Morgan fingerprint density at radius 1 is 1.07 bits per heavy atom. The van der Waals surface area contributed by atoms with Gasteiger partial charge < -0.3 is 16.0 Å². The average Bonchev–Trinajstić information content (AvgIpc) is 3.40. The largest absolute Gasteiger partial charge is 0.335 e. The third kappa shape index (κ3) is 4.73. The van der Waals surface area contributed by atoms with Crippen LogP contribution in [0.25, 0.3) is 0 Å². The van der Waals surface area contributed by atoms with Gasteiger partial charge in [-0.15, -0.1) is 0 Å². The minimum atomic E-state index is -0.291. The fourth-order valence-corrected chi connectivity index (χ4v) is 2.70. The Kier molecular flexibility index (Phi) is 5.01. The van der Waals surface area contributed by atoms with Crippen LogP contribution in [0.3, 0.4) is 0 Å². The van der Waals surface area contributed by atoms with Crippen molar-refractivity contribution in [2.45, 2.75) is 25.4 Å². The van der Waals surface area contributed by atoms with Gasteiger partial charge in [-0.2, -0.15) is 5.10 Å². The van der Waals surface area contributed by atoms with Crippen LogP contribution in [-0.2, 0) is 6.54 Å². The molecule has 1 aliphatic carbocycles. The maximum absolute atomic E-state index is 12.5. The molecule has 0 spiro atoms. The number of nitrogens with zero attached hydrogens (tertiary/aromatic N) is 3. The van der Waals surface area contributed by atoms with Gasteiger partial charge in [-0.3, -0.25) is 14.5 Å². The van der Waals surface area contributed by atoms with Gasteiger partial charge in [0, 0.05) is 41.9 Å². The lowest BCUT2D eigenvalue weighted by molar-refractivity contribution is 0.102. The number of pyridine rings is 1. The Labute approximate surface area is 162 Å². The number of anilines is 2. The molecule has 3 N–H and O–H groups in total. The Bertz CT molecular complexity index is 981. The third-order valence-electron chi connectivity index (χ3n) is 4.27. The Morgan fingerprint density at radius 3 is 2.68 bits per heavy atom. The van der Waals surface area contributed by atoms with E-state index in [0.717, 1.165) is 18.4 Å². The topological polar surface area (TPSA) is 101 Å². The number of carbonyl (C=O) groups is 2. The van der Waals surface area contributed by atoms with Gasteiger partial charge in [-0.1, -0.05) is 6.07 Å². The predicted octanol–water partition coefficient (Wildman–Crippen LogP) is 2.86. The van der Waals surface area contributed by atoms with Gasteiger partial charge in [0.2, 0.25) is 0 Å². The first-order chi connectivity index (χ1) is 13.7.